The van der Waals surface area contributed by atoms with Gasteiger partial charge in [-0.3, -0.25) is 19.4 Å². The number of thiophene rings is 1. The van der Waals surface area contributed by atoms with E-state index >= 15 is 0 Å². The first-order valence-electron chi connectivity index (χ1n) is 9.89. The molecule has 1 aromatic rings. The first kappa shape index (κ1) is 21.2. The zero-order valence-electron chi connectivity index (χ0n) is 16.4. The molecule has 0 radical (unpaired) electrons. The Bertz CT molecular complexity index is 615. The third kappa shape index (κ3) is 5.99. The van der Waals surface area contributed by atoms with Crippen molar-refractivity contribution in [1.29, 1.82) is 0 Å². The van der Waals surface area contributed by atoms with Crippen LogP contribution in [0.25, 0.3) is 0 Å². The number of hydrogen-bond donors (Lipinski definition) is 2. The number of nitrogens with zero attached hydrogens (tertiary/aromatic N) is 2. The minimum absolute atomic E-state index is 0.0361. The molecule has 3 heterocycles. The van der Waals surface area contributed by atoms with E-state index in [1.54, 1.807) is 11.3 Å². The van der Waals surface area contributed by atoms with E-state index < -0.39 is 11.8 Å². The average molecular weight is 411 g/mol. The van der Waals surface area contributed by atoms with Gasteiger partial charge in [0.25, 0.3) is 0 Å². The molecule has 2 N–H and O–H groups in total. The zero-order valence-corrected chi connectivity index (χ0v) is 17.2. The van der Waals surface area contributed by atoms with Gasteiger partial charge >= 0.3 is 11.8 Å². The Morgan fingerprint density at radius 3 is 2.43 bits per heavy atom. The van der Waals surface area contributed by atoms with Gasteiger partial charge in [0, 0.05) is 50.2 Å². The van der Waals surface area contributed by atoms with E-state index in [0.29, 0.717) is 19.8 Å². The highest BCUT2D eigenvalue weighted by molar-refractivity contribution is 7.10. The average Bonchev–Trinajstić information content (AvgIpc) is 3.24. The lowest BCUT2D eigenvalue weighted by Crippen LogP contribution is -2.51. The Kier molecular flexibility index (Phi) is 8.23. The molecule has 2 aliphatic heterocycles. The van der Waals surface area contributed by atoms with Crippen molar-refractivity contribution in [2.75, 3.05) is 65.7 Å². The van der Waals surface area contributed by atoms with Gasteiger partial charge in [-0.05, 0) is 18.4 Å². The third-order valence-corrected chi connectivity index (χ3v) is 6.07. The molecule has 0 aromatic carbocycles. The summed E-state index contributed by atoms with van der Waals surface area (Å²) in [5, 5.41) is 7.65. The molecule has 3 rings (SSSR count). The maximum absolute atomic E-state index is 12.4. The van der Waals surface area contributed by atoms with Crippen LogP contribution in [0, 0.1) is 0 Å². The molecule has 9 heteroatoms. The Hall–Kier alpha value is -1.52. The molecule has 0 bridgehead atoms. The summed E-state index contributed by atoms with van der Waals surface area (Å²) in [7, 11) is 0. The van der Waals surface area contributed by atoms with Crippen LogP contribution in [-0.4, -0.2) is 93.4 Å². The highest BCUT2D eigenvalue weighted by atomic mass is 32.1. The van der Waals surface area contributed by atoms with Crippen molar-refractivity contribution >= 4 is 23.2 Å². The second-order valence-electron chi connectivity index (χ2n) is 7.08. The summed E-state index contributed by atoms with van der Waals surface area (Å²) in [6, 6.07) is 3.94. The molecule has 0 saturated carbocycles. The van der Waals surface area contributed by atoms with Crippen LogP contribution in [0.5, 0.6) is 0 Å². The normalized spacial score (nSPS) is 21.0. The second-order valence-corrected chi connectivity index (χ2v) is 8.06. The predicted octanol–water partition coefficient (Wildman–Crippen LogP) is 0.0745. The van der Waals surface area contributed by atoms with E-state index in [-0.39, 0.29) is 12.1 Å². The molecule has 0 spiro atoms. The molecule has 2 aliphatic rings. The lowest BCUT2D eigenvalue weighted by Gasteiger charge is -2.37. The molecular formula is C19H30N4O4S. The Labute approximate surface area is 170 Å². The van der Waals surface area contributed by atoms with E-state index in [1.807, 2.05) is 18.4 Å². The molecule has 156 valence electrons. The summed E-state index contributed by atoms with van der Waals surface area (Å²) in [5.41, 5.74) is 0. The van der Waals surface area contributed by atoms with Crippen molar-refractivity contribution in [3.63, 3.8) is 0 Å². The van der Waals surface area contributed by atoms with Crippen molar-refractivity contribution < 1.29 is 19.1 Å². The van der Waals surface area contributed by atoms with Gasteiger partial charge in [0.15, 0.2) is 0 Å². The molecule has 2 amide bonds. The summed E-state index contributed by atoms with van der Waals surface area (Å²) in [6.45, 7) is 9.30. The lowest BCUT2D eigenvalue weighted by molar-refractivity contribution is -0.140. The Balaban J connectivity index is 1.49. The van der Waals surface area contributed by atoms with Crippen LogP contribution in [0.4, 0.5) is 0 Å². The fourth-order valence-electron chi connectivity index (χ4n) is 3.64. The van der Waals surface area contributed by atoms with E-state index in [2.05, 4.69) is 26.5 Å². The number of amides is 2. The van der Waals surface area contributed by atoms with Gasteiger partial charge in [0.2, 0.25) is 0 Å². The van der Waals surface area contributed by atoms with Gasteiger partial charge in [0.1, 0.15) is 0 Å². The summed E-state index contributed by atoms with van der Waals surface area (Å²) in [4.78, 5) is 30.3. The standard InChI is InChI=1S/C19H30N4O4S/c1-15(17(16-3-2-14-28-16)23-8-12-27-13-9-23)21-19(25)18(24)20-4-5-22-6-10-26-11-7-22/h2-3,14-15,17H,4-13H2,1H3,(H,20,24)(H,21,25)/t15-,17-/m0/s1. The fourth-order valence-corrected chi connectivity index (χ4v) is 4.61. The van der Waals surface area contributed by atoms with Crippen LogP contribution >= 0.6 is 11.3 Å². The van der Waals surface area contributed by atoms with Gasteiger partial charge in [0.05, 0.1) is 32.5 Å². The van der Waals surface area contributed by atoms with Crippen molar-refractivity contribution in [2.24, 2.45) is 0 Å². The molecule has 1 aromatic heterocycles. The number of carbonyl (C=O) groups is 2. The second kappa shape index (κ2) is 10.9. The fraction of sp³-hybridized carbons (Fsp3) is 0.684. The topological polar surface area (TPSA) is 83.1 Å². The molecule has 2 saturated heterocycles. The molecule has 0 aliphatic carbocycles. The summed E-state index contributed by atoms with van der Waals surface area (Å²) in [6.07, 6.45) is 0. The summed E-state index contributed by atoms with van der Waals surface area (Å²) in [5.74, 6) is -1.16. The third-order valence-electron chi connectivity index (χ3n) is 5.13. The van der Waals surface area contributed by atoms with Gasteiger partial charge in [-0.1, -0.05) is 6.07 Å². The predicted molar refractivity (Wildman–Crippen MR) is 107 cm³/mol. The van der Waals surface area contributed by atoms with Crippen LogP contribution in [0.1, 0.15) is 17.8 Å². The van der Waals surface area contributed by atoms with Crippen molar-refractivity contribution in [3.8, 4) is 0 Å². The highest BCUT2D eigenvalue weighted by Crippen LogP contribution is 2.29. The lowest BCUT2D eigenvalue weighted by atomic mass is 10.1. The Morgan fingerprint density at radius 1 is 1.11 bits per heavy atom. The number of ether oxygens (including phenoxy) is 2. The number of rotatable bonds is 7. The van der Waals surface area contributed by atoms with Gasteiger partial charge in [-0.25, -0.2) is 0 Å². The number of morpholine rings is 2. The SMILES string of the molecule is C[C@H](NC(=O)C(=O)NCCN1CCOCC1)[C@@H](c1cccs1)N1CCOCC1. The maximum atomic E-state index is 12.4. The van der Waals surface area contributed by atoms with Crippen molar-refractivity contribution in [3.05, 3.63) is 22.4 Å². The molecular weight excluding hydrogens is 380 g/mol. The maximum Gasteiger partial charge on any atom is 0.309 e. The molecule has 2 fully saturated rings. The molecule has 2 atom stereocenters. The summed E-state index contributed by atoms with van der Waals surface area (Å²) < 4.78 is 10.8. The van der Waals surface area contributed by atoms with Gasteiger partial charge in [-0.2, -0.15) is 0 Å². The summed E-state index contributed by atoms with van der Waals surface area (Å²) >= 11 is 1.67. The quantitative estimate of drug-likeness (QED) is 0.620. The van der Waals surface area contributed by atoms with Gasteiger partial charge in [-0.15, -0.1) is 11.3 Å². The number of carbonyl (C=O) groups excluding carboxylic acids is 2. The molecule has 28 heavy (non-hydrogen) atoms. The molecule has 8 nitrogen and oxygen atoms in total. The molecule has 0 unspecified atom stereocenters. The zero-order chi connectivity index (χ0) is 19.8. The van der Waals surface area contributed by atoms with Crippen LogP contribution in [0.2, 0.25) is 0 Å². The van der Waals surface area contributed by atoms with Crippen molar-refractivity contribution in [2.45, 2.75) is 19.0 Å². The largest absolute Gasteiger partial charge is 0.379 e. The van der Waals surface area contributed by atoms with Crippen LogP contribution in [-0.2, 0) is 19.1 Å². The smallest absolute Gasteiger partial charge is 0.309 e. The van der Waals surface area contributed by atoms with E-state index in [0.717, 1.165) is 45.9 Å². The van der Waals surface area contributed by atoms with E-state index in [1.165, 1.54) is 4.88 Å². The van der Waals surface area contributed by atoms with Crippen LogP contribution in [0.15, 0.2) is 17.5 Å². The van der Waals surface area contributed by atoms with Crippen LogP contribution < -0.4 is 10.6 Å². The minimum Gasteiger partial charge on any atom is -0.379 e. The number of nitrogens with one attached hydrogen (secondary N) is 2. The van der Waals surface area contributed by atoms with E-state index in [9.17, 15) is 9.59 Å². The van der Waals surface area contributed by atoms with E-state index in [4.69, 9.17) is 9.47 Å². The minimum atomic E-state index is -0.579. The number of hydrogen-bond acceptors (Lipinski definition) is 7. The first-order chi connectivity index (χ1) is 13.6. The van der Waals surface area contributed by atoms with Gasteiger partial charge < -0.3 is 20.1 Å². The monoisotopic (exact) mass is 410 g/mol. The van der Waals surface area contributed by atoms with Crippen LogP contribution in [0.3, 0.4) is 0 Å². The highest BCUT2D eigenvalue weighted by Gasteiger charge is 2.30. The Morgan fingerprint density at radius 2 is 1.79 bits per heavy atom. The first-order valence-corrected chi connectivity index (χ1v) is 10.8. The van der Waals surface area contributed by atoms with Crippen molar-refractivity contribution in [1.82, 2.24) is 20.4 Å².